The molecule has 0 spiro atoms. The molecule has 7 nitrogen and oxygen atoms in total. The van der Waals surface area contributed by atoms with E-state index in [0.29, 0.717) is 0 Å². The number of non-ortho nitro benzene ring substituents is 1. The third-order valence-corrected chi connectivity index (χ3v) is 6.10. The number of hydrogen-bond acceptors (Lipinski definition) is 5. The Bertz CT molecular complexity index is 982. The summed E-state index contributed by atoms with van der Waals surface area (Å²) in [5.74, 6) is 0. The molecule has 0 fully saturated rings. The second kappa shape index (κ2) is 8.03. The Labute approximate surface area is 163 Å². The Morgan fingerprint density at radius 1 is 1.21 bits per heavy atom. The van der Waals surface area contributed by atoms with Crippen LogP contribution < -0.4 is 5.73 Å². The summed E-state index contributed by atoms with van der Waals surface area (Å²) in [4.78, 5) is 9.78. The lowest BCUT2D eigenvalue weighted by atomic mass is 10.0. The van der Waals surface area contributed by atoms with Crippen LogP contribution in [0.4, 0.5) is 18.9 Å². The van der Waals surface area contributed by atoms with E-state index in [4.69, 9.17) is 17.3 Å². The Morgan fingerprint density at radius 3 is 2.29 bits per heavy atom. The summed E-state index contributed by atoms with van der Waals surface area (Å²) >= 11 is 5.56. The molecule has 28 heavy (non-hydrogen) atoms. The van der Waals surface area contributed by atoms with Crippen molar-refractivity contribution in [1.29, 1.82) is 0 Å². The highest BCUT2D eigenvalue weighted by molar-refractivity contribution is 7.89. The molecule has 2 aromatic carbocycles. The summed E-state index contributed by atoms with van der Waals surface area (Å²) in [5.41, 5.74) is 4.60. The second-order valence-electron chi connectivity index (χ2n) is 5.88. The Morgan fingerprint density at radius 2 is 1.79 bits per heavy atom. The average Bonchev–Trinajstić information content (AvgIpc) is 2.60. The molecule has 152 valence electrons. The van der Waals surface area contributed by atoms with Crippen molar-refractivity contribution in [2.45, 2.75) is 17.1 Å². The van der Waals surface area contributed by atoms with Gasteiger partial charge in [0, 0.05) is 31.8 Å². The predicted octanol–water partition coefficient (Wildman–Crippen LogP) is 3.59. The van der Waals surface area contributed by atoms with E-state index in [1.54, 1.807) is 0 Å². The number of nitrogens with two attached hydrogens (primary N) is 1. The van der Waals surface area contributed by atoms with E-state index in [0.717, 1.165) is 40.7 Å². The van der Waals surface area contributed by atoms with Gasteiger partial charge in [-0.3, -0.25) is 10.1 Å². The third-order valence-electron chi connectivity index (χ3n) is 3.93. The molecule has 0 heterocycles. The molecule has 0 unspecified atom stereocenters. The fourth-order valence-corrected chi connectivity index (χ4v) is 3.81. The first kappa shape index (κ1) is 22.1. The SMILES string of the molecule is CN(C[C@H](N)c1ccc(Cl)c(C(F)(F)F)c1)S(=O)(=O)c1ccc([N+](=O)[O-])cc1. The Hall–Kier alpha value is -2.21. The quantitative estimate of drug-likeness (QED) is 0.549. The largest absolute Gasteiger partial charge is 0.417 e. The average molecular weight is 438 g/mol. The van der Waals surface area contributed by atoms with Crippen molar-refractivity contribution < 1.29 is 26.5 Å². The first-order valence-corrected chi connectivity index (χ1v) is 9.49. The molecular formula is C16H15ClF3N3O4S. The molecule has 1 atom stereocenters. The van der Waals surface area contributed by atoms with Gasteiger partial charge in [0.25, 0.3) is 5.69 Å². The Kier molecular flexibility index (Phi) is 6.34. The van der Waals surface area contributed by atoms with Gasteiger partial charge in [0.2, 0.25) is 10.0 Å². The number of benzene rings is 2. The summed E-state index contributed by atoms with van der Waals surface area (Å²) in [6.07, 6.45) is -4.68. The van der Waals surface area contributed by atoms with Gasteiger partial charge in [-0.15, -0.1) is 0 Å². The van der Waals surface area contributed by atoms with Gasteiger partial charge in [-0.1, -0.05) is 17.7 Å². The zero-order valence-electron chi connectivity index (χ0n) is 14.4. The summed E-state index contributed by atoms with van der Waals surface area (Å²) in [6.45, 7) is -0.321. The van der Waals surface area contributed by atoms with E-state index in [-0.39, 0.29) is 22.7 Å². The maximum Gasteiger partial charge on any atom is 0.417 e. The van der Waals surface area contributed by atoms with E-state index >= 15 is 0 Å². The van der Waals surface area contributed by atoms with Gasteiger partial charge in [-0.05, 0) is 29.8 Å². The zero-order valence-corrected chi connectivity index (χ0v) is 15.9. The first-order valence-electron chi connectivity index (χ1n) is 7.67. The molecule has 0 aromatic heterocycles. The first-order chi connectivity index (χ1) is 12.8. The van der Waals surface area contributed by atoms with Gasteiger partial charge < -0.3 is 5.73 Å². The van der Waals surface area contributed by atoms with E-state index in [1.165, 1.54) is 13.1 Å². The highest BCUT2D eigenvalue weighted by Gasteiger charge is 2.34. The minimum atomic E-state index is -4.68. The minimum Gasteiger partial charge on any atom is -0.323 e. The van der Waals surface area contributed by atoms with Gasteiger partial charge in [0.15, 0.2) is 0 Å². The van der Waals surface area contributed by atoms with E-state index in [9.17, 15) is 31.7 Å². The van der Waals surface area contributed by atoms with Crippen LogP contribution in [0.2, 0.25) is 5.02 Å². The number of nitro benzene ring substituents is 1. The van der Waals surface area contributed by atoms with Crippen LogP contribution in [0, 0.1) is 10.1 Å². The Balaban J connectivity index is 2.23. The lowest BCUT2D eigenvalue weighted by molar-refractivity contribution is -0.384. The van der Waals surface area contributed by atoms with Crippen LogP contribution in [0.1, 0.15) is 17.2 Å². The molecule has 2 aromatic rings. The molecule has 0 radical (unpaired) electrons. The summed E-state index contributed by atoms with van der Waals surface area (Å²) in [7, 11) is -2.84. The maximum absolute atomic E-state index is 13.0. The zero-order chi connectivity index (χ0) is 21.3. The molecule has 0 aliphatic rings. The number of nitrogens with zero attached hydrogens (tertiary/aromatic N) is 2. The van der Waals surface area contributed by atoms with Crippen LogP contribution >= 0.6 is 11.6 Å². The molecule has 0 saturated carbocycles. The van der Waals surface area contributed by atoms with Crippen molar-refractivity contribution in [3.63, 3.8) is 0 Å². The van der Waals surface area contributed by atoms with Crippen molar-refractivity contribution in [3.8, 4) is 0 Å². The number of rotatable bonds is 6. The third kappa shape index (κ3) is 4.79. The summed E-state index contributed by atoms with van der Waals surface area (Å²) in [6, 6.07) is 6.26. The van der Waals surface area contributed by atoms with Crippen LogP contribution in [-0.4, -0.2) is 31.2 Å². The monoisotopic (exact) mass is 437 g/mol. The molecule has 0 bridgehead atoms. The van der Waals surface area contributed by atoms with Crippen molar-refractivity contribution in [3.05, 3.63) is 68.7 Å². The standard InChI is InChI=1S/C16H15ClF3N3O4S/c1-22(28(26,27)12-5-3-11(4-6-12)23(24)25)9-15(21)10-2-7-14(17)13(8-10)16(18,19)20/h2-8,15H,9,21H2,1H3/t15-/m0/s1. The van der Waals surface area contributed by atoms with E-state index in [2.05, 4.69) is 0 Å². The van der Waals surface area contributed by atoms with Crippen molar-refractivity contribution in [1.82, 2.24) is 4.31 Å². The highest BCUT2D eigenvalue weighted by atomic mass is 35.5. The molecule has 12 heteroatoms. The molecule has 2 N–H and O–H groups in total. The number of alkyl halides is 3. The summed E-state index contributed by atoms with van der Waals surface area (Å²) in [5, 5.41) is 10.2. The topological polar surface area (TPSA) is 107 Å². The normalized spacial score (nSPS) is 13.5. The molecule has 0 amide bonds. The van der Waals surface area contributed by atoms with Crippen LogP contribution in [0.3, 0.4) is 0 Å². The van der Waals surface area contributed by atoms with Gasteiger partial charge in [0.05, 0.1) is 20.4 Å². The van der Waals surface area contributed by atoms with Gasteiger partial charge >= 0.3 is 6.18 Å². The van der Waals surface area contributed by atoms with Crippen LogP contribution in [0.5, 0.6) is 0 Å². The number of nitro groups is 1. The number of likely N-dealkylation sites (N-methyl/N-ethyl adjacent to an activating group) is 1. The van der Waals surface area contributed by atoms with Gasteiger partial charge in [0.1, 0.15) is 0 Å². The lowest BCUT2D eigenvalue weighted by Gasteiger charge is -2.22. The maximum atomic E-state index is 13.0. The molecular weight excluding hydrogens is 423 g/mol. The summed E-state index contributed by atoms with van der Waals surface area (Å²) < 4.78 is 64.9. The van der Waals surface area contributed by atoms with Gasteiger partial charge in [-0.2, -0.15) is 17.5 Å². The van der Waals surface area contributed by atoms with Crippen LogP contribution in [0.25, 0.3) is 0 Å². The minimum absolute atomic E-state index is 0.0578. The number of sulfonamides is 1. The highest BCUT2D eigenvalue weighted by Crippen LogP contribution is 2.36. The molecule has 2 rings (SSSR count). The van der Waals surface area contributed by atoms with Crippen LogP contribution in [0.15, 0.2) is 47.4 Å². The molecule has 0 saturated heterocycles. The fraction of sp³-hybridized carbons (Fsp3) is 0.250. The second-order valence-corrected chi connectivity index (χ2v) is 8.33. The smallest absolute Gasteiger partial charge is 0.323 e. The van der Waals surface area contributed by atoms with E-state index < -0.39 is 37.8 Å². The number of hydrogen-bond donors (Lipinski definition) is 1. The van der Waals surface area contributed by atoms with Crippen molar-refractivity contribution in [2.24, 2.45) is 5.73 Å². The lowest BCUT2D eigenvalue weighted by Crippen LogP contribution is -2.34. The van der Waals surface area contributed by atoms with E-state index in [1.807, 2.05) is 0 Å². The number of halogens is 4. The van der Waals surface area contributed by atoms with Crippen LogP contribution in [-0.2, 0) is 16.2 Å². The van der Waals surface area contributed by atoms with Crippen molar-refractivity contribution in [2.75, 3.05) is 13.6 Å². The molecule has 0 aliphatic heterocycles. The molecule has 0 aliphatic carbocycles. The fourth-order valence-electron chi connectivity index (χ4n) is 2.39. The predicted molar refractivity (Wildman–Crippen MR) is 96.3 cm³/mol. The van der Waals surface area contributed by atoms with Crippen molar-refractivity contribution >= 4 is 27.3 Å². The van der Waals surface area contributed by atoms with Gasteiger partial charge in [-0.25, -0.2) is 8.42 Å².